The second-order valence-corrected chi connectivity index (χ2v) is 3.85. The highest BCUT2D eigenvalue weighted by atomic mass is 35.5. The quantitative estimate of drug-likeness (QED) is 0.824. The first-order chi connectivity index (χ1) is 6.70. The van der Waals surface area contributed by atoms with E-state index >= 15 is 0 Å². The fraction of sp³-hybridized carbons (Fsp3) is 0.556. The molecule has 2 rings (SSSR count). The molecular weight excluding hydrogens is 206 g/mol. The first-order valence-electron chi connectivity index (χ1n) is 4.58. The fourth-order valence-electron chi connectivity index (χ4n) is 1.95. The van der Waals surface area contributed by atoms with E-state index in [1.54, 1.807) is 0 Å². The highest BCUT2D eigenvalue weighted by Crippen LogP contribution is 2.37. The van der Waals surface area contributed by atoms with Crippen LogP contribution in [0.25, 0.3) is 0 Å². The number of aromatic carboxylic acids is 1. The van der Waals surface area contributed by atoms with E-state index in [2.05, 4.69) is 5.16 Å². The summed E-state index contributed by atoms with van der Waals surface area (Å²) in [6, 6.07) is 0. The third-order valence-corrected chi connectivity index (χ3v) is 2.89. The van der Waals surface area contributed by atoms with Crippen molar-refractivity contribution < 1.29 is 14.4 Å². The van der Waals surface area contributed by atoms with Crippen molar-refractivity contribution in [1.29, 1.82) is 0 Å². The number of nitrogens with zero attached hydrogens (tertiary/aromatic N) is 1. The number of carbonyl (C=O) groups is 1. The van der Waals surface area contributed by atoms with Gasteiger partial charge in [0.2, 0.25) is 5.22 Å². The highest BCUT2D eigenvalue weighted by Gasteiger charge is 2.29. The third-order valence-electron chi connectivity index (χ3n) is 2.63. The van der Waals surface area contributed by atoms with E-state index in [9.17, 15) is 4.79 Å². The molecule has 1 aliphatic carbocycles. The van der Waals surface area contributed by atoms with Crippen LogP contribution in [0.1, 0.15) is 47.7 Å². The molecule has 14 heavy (non-hydrogen) atoms. The second kappa shape index (κ2) is 3.61. The number of halogens is 1. The lowest BCUT2D eigenvalue weighted by molar-refractivity contribution is 0.0695. The van der Waals surface area contributed by atoms with Crippen LogP contribution in [0.15, 0.2) is 4.52 Å². The van der Waals surface area contributed by atoms with Crippen LogP contribution in [0.2, 0.25) is 5.22 Å². The van der Waals surface area contributed by atoms with Gasteiger partial charge in [0.1, 0.15) is 11.3 Å². The van der Waals surface area contributed by atoms with Crippen molar-refractivity contribution in [2.24, 2.45) is 0 Å². The summed E-state index contributed by atoms with van der Waals surface area (Å²) >= 11 is 5.61. The normalized spacial score (nSPS) is 17.5. The summed E-state index contributed by atoms with van der Waals surface area (Å²) in [5.74, 6) is -0.851. The molecule has 0 radical (unpaired) electrons. The number of rotatable bonds is 2. The number of aromatic nitrogens is 1. The van der Waals surface area contributed by atoms with E-state index in [0.717, 1.165) is 25.7 Å². The zero-order valence-corrected chi connectivity index (χ0v) is 8.25. The van der Waals surface area contributed by atoms with Crippen molar-refractivity contribution in [2.75, 3.05) is 0 Å². The van der Waals surface area contributed by atoms with Crippen molar-refractivity contribution in [3.8, 4) is 0 Å². The molecule has 1 fully saturated rings. The maximum absolute atomic E-state index is 10.9. The van der Waals surface area contributed by atoms with Gasteiger partial charge in [-0.2, -0.15) is 0 Å². The molecule has 0 atom stereocenters. The van der Waals surface area contributed by atoms with Gasteiger partial charge in [0.05, 0.1) is 0 Å². The van der Waals surface area contributed by atoms with Gasteiger partial charge < -0.3 is 9.63 Å². The smallest absolute Gasteiger partial charge is 0.342 e. The van der Waals surface area contributed by atoms with E-state index in [-0.39, 0.29) is 16.7 Å². The maximum atomic E-state index is 10.9. The lowest BCUT2D eigenvalue weighted by Crippen LogP contribution is -2.04. The molecule has 1 aliphatic rings. The van der Waals surface area contributed by atoms with E-state index in [0.29, 0.717) is 5.69 Å². The van der Waals surface area contributed by atoms with Gasteiger partial charge in [0.15, 0.2) is 0 Å². The van der Waals surface area contributed by atoms with Crippen LogP contribution in [0.5, 0.6) is 0 Å². The van der Waals surface area contributed by atoms with Crippen molar-refractivity contribution in [3.05, 3.63) is 16.5 Å². The molecule has 1 aromatic rings. The minimum atomic E-state index is -1.06. The topological polar surface area (TPSA) is 63.3 Å². The SMILES string of the molecule is O=C(O)c1c(C2CCCC2)noc1Cl. The molecule has 0 aromatic carbocycles. The zero-order valence-electron chi connectivity index (χ0n) is 7.49. The molecule has 0 unspecified atom stereocenters. The summed E-state index contributed by atoms with van der Waals surface area (Å²) in [5.41, 5.74) is 0.554. The first kappa shape index (κ1) is 9.52. The van der Waals surface area contributed by atoms with E-state index < -0.39 is 5.97 Å². The van der Waals surface area contributed by atoms with Crippen molar-refractivity contribution in [2.45, 2.75) is 31.6 Å². The minimum absolute atomic E-state index is 0.0403. The molecule has 1 N–H and O–H groups in total. The van der Waals surface area contributed by atoms with Gasteiger partial charge >= 0.3 is 5.97 Å². The fourth-order valence-corrected chi connectivity index (χ4v) is 2.16. The molecule has 0 saturated heterocycles. The predicted molar refractivity (Wildman–Crippen MR) is 49.7 cm³/mol. The number of hydrogen-bond donors (Lipinski definition) is 1. The van der Waals surface area contributed by atoms with Crippen LogP contribution >= 0.6 is 11.6 Å². The Balaban J connectivity index is 2.37. The Morgan fingerprint density at radius 2 is 2.14 bits per heavy atom. The minimum Gasteiger partial charge on any atom is -0.477 e. The van der Waals surface area contributed by atoms with Gasteiger partial charge in [0, 0.05) is 5.92 Å². The standard InChI is InChI=1S/C9H10ClNO3/c10-8-6(9(12)13)7(11-14-8)5-3-1-2-4-5/h5H,1-4H2,(H,12,13). The van der Waals surface area contributed by atoms with Crippen LogP contribution < -0.4 is 0 Å². The van der Waals surface area contributed by atoms with E-state index in [4.69, 9.17) is 21.2 Å². The Hall–Kier alpha value is -1.03. The van der Waals surface area contributed by atoms with Crippen LogP contribution in [0.3, 0.4) is 0 Å². The molecule has 0 amide bonds. The Morgan fingerprint density at radius 1 is 1.50 bits per heavy atom. The molecule has 0 aliphatic heterocycles. The third kappa shape index (κ3) is 1.50. The maximum Gasteiger partial charge on any atom is 0.342 e. The van der Waals surface area contributed by atoms with Crippen LogP contribution in [-0.2, 0) is 0 Å². The van der Waals surface area contributed by atoms with Gasteiger partial charge in [-0.05, 0) is 24.4 Å². The summed E-state index contributed by atoms with van der Waals surface area (Å²) in [5, 5.41) is 12.5. The zero-order chi connectivity index (χ0) is 10.1. The predicted octanol–water partition coefficient (Wildman–Crippen LogP) is 2.68. The van der Waals surface area contributed by atoms with E-state index in [1.165, 1.54) is 0 Å². The molecule has 76 valence electrons. The van der Waals surface area contributed by atoms with E-state index in [1.807, 2.05) is 0 Å². The second-order valence-electron chi connectivity index (χ2n) is 3.50. The summed E-state index contributed by atoms with van der Waals surface area (Å²) in [7, 11) is 0. The summed E-state index contributed by atoms with van der Waals surface area (Å²) in [6.45, 7) is 0. The van der Waals surface area contributed by atoms with Gasteiger partial charge in [-0.25, -0.2) is 4.79 Å². The average molecular weight is 216 g/mol. The lowest BCUT2D eigenvalue weighted by Gasteiger charge is -2.04. The number of carboxylic acids is 1. The average Bonchev–Trinajstić information content (AvgIpc) is 2.70. The first-order valence-corrected chi connectivity index (χ1v) is 4.96. The number of hydrogen-bond acceptors (Lipinski definition) is 3. The van der Waals surface area contributed by atoms with Crippen LogP contribution in [0, 0.1) is 0 Å². The van der Waals surface area contributed by atoms with Crippen molar-refractivity contribution >= 4 is 17.6 Å². The molecular formula is C9H10ClNO3. The molecule has 1 aromatic heterocycles. The summed E-state index contributed by atoms with van der Waals surface area (Å²) in [6.07, 6.45) is 4.19. The molecule has 0 spiro atoms. The molecule has 5 heteroatoms. The molecule has 4 nitrogen and oxygen atoms in total. The molecule has 1 heterocycles. The van der Waals surface area contributed by atoms with Gasteiger partial charge in [-0.1, -0.05) is 18.0 Å². The van der Waals surface area contributed by atoms with Gasteiger partial charge in [-0.3, -0.25) is 0 Å². The number of carboxylic acid groups (broad SMARTS) is 1. The summed E-state index contributed by atoms with van der Waals surface area (Å²) in [4.78, 5) is 10.9. The van der Waals surface area contributed by atoms with Crippen LogP contribution in [0.4, 0.5) is 0 Å². The Labute approximate surface area is 85.8 Å². The van der Waals surface area contributed by atoms with Crippen LogP contribution in [-0.4, -0.2) is 16.2 Å². The lowest BCUT2D eigenvalue weighted by atomic mass is 10.0. The Morgan fingerprint density at radius 3 is 2.71 bits per heavy atom. The highest BCUT2D eigenvalue weighted by molar-refractivity contribution is 6.31. The molecule has 1 saturated carbocycles. The van der Waals surface area contributed by atoms with Crippen molar-refractivity contribution in [3.63, 3.8) is 0 Å². The monoisotopic (exact) mass is 215 g/mol. The largest absolute Gasteiger partial charge is 0.477 e. The van der Waals surface area contributed by atoms with Gasteiger partial charge in [-0.15, -0.1) is 0 Å². The Bertz CT molecular complexity index is 355. The van der Waals surface area contributed by atoms with Gasteiger partial charge in [0.25, 0.3) is 0 Å². The summed E-state index contributed by atoms with van der Waals surface area (Å²) < 4.78 is 4.70. The molecule has 0 bridgehead atoms. The van der Waals surface area contributed by atoms with Crippen molar-refractivity contribution in [1.82, 2.24) is 5.16 Å². The Kier molecular flexibility index (Phi) is 2.46.